The maximum Gasteiger partial charge on any atom is 0.209 e. The molecule has 0 bridgehead atoms. The van der Waals surface area contributed by atoms with Gasteiger partial charge in [0.2, 0.25) is 6.29 Å². The Labute approximate surface area is 55.3 Å². The van der Waals surface area contributed by atoms with Crippen molar-refractivity contribution in [2.24, 2.45) is 5.92 Å². The van der Waals surface area contributed by atoms with Crippen LogP contribution in [0.5, 0.6) is 0 Å². The Kier molecular flexibility index (Phi) is 3.93. The maximum absolute atomic E-state index is 10.7. The summed E-state index contributed by atoms with van der Waals surface area (Å²) in [4.78, 5) is 20.6. The summed E-state index contributed by atoms with van der Waals surface area (Å²) in [6.45, 7) is 3.49. The van der Waals surface area contributed by atoms with Crippen molar-refractivity contribution in [1.29, 1.82) is 0 Å². The summed E-state index contributed by atoms with van der Waals surface area (Å²) in [5.74, 6) is -0.530. The zero-order valence-electron chi connectivity index (χ0n) is 5.81. The molecule has 1 unspecified atom stereocenters. The highest BCUT2D eigenvalue weighted by atomic mass is 16.1. The van der Waals surface area contributed by atoms with E-state index in [1.165, 1.54) is 0 Å². The summed E-state index contributed by atoms with van der Waals surface area (Å²) in [6, 6.07) is 0. The van der Waals surface area contributed by atoms with E-state index in [1.54, 1.807) is 13.2 Å². The van der Waals surface area contributed by atoms with Gasteiger partial charge in [-0.05, 0) is 13.3 Å². The third-order valence-electron chi connectivity index (χ3n) is 1.16. The van der Waals surface area contributed by atoms with Crippen LogP contribution in [0.1, 0.15) is 26.7 Å². The number of hydrogen-bond donors (Lipinski definition) is 0. The summed E-state index contributed by atoms with van der Waals surface area (Å²) >= 11 is 0. The Hall–Kier alpha value is -0.660. The third-order valence-corrected chi connectivity index (χ3v) is 1.16. The summed E-state index contributed by atoms with van der Waals surface area (Å²) in [7, 11) is 0. The molecule has 0 fully saturated rings. The zero-order chi connectivity index (χ0) is 7.28. The van der Waals surface area contributed by atoms with Crippen LogP contribution in [0.3, 0.4) is 0 Å². The van der Waals surface area contributed by atoms with Gasteiger partial charge in [0, 0.05) is 6.42 Å². The van der Waals surface area contributed by atoms with E-state index in [2.05, 4.69) is 0 Å². The summed E-state index contributed by atoms with van der Waals surface area (Å²) in [5, 5.41) is 0. The highest BCUT2D eigenvalue weighted by Gasteiger charge is 2.09. The molecule has 0 aromatic rings. The van der Waals surface area contributed by atoms with E-state index < -0.39 is 5.92 Å². The van der Waals surface area contributed by atoms with Crippen LogP contribution in [0.15, 0.2) is 0 Å². The Morgan fingerprint density at radius 3 is 2.56 bits per heavy atom. The second-order valence-corrected chi connectivity index (χ2v) is 2.06. The second kappa shape index (κ2) is 4.24. The second-order valence-electron chi connectivity index (χ2n) is 2.06. The molecule has 1 radical (unpaired) electrons. The quantitative estimate of drug-likeness (QED) is 0.530. The molecule has 0 amide bonds. The van der Waals surface area contributed by atoms with Gasteiger partial charge in [0.05, 0.1) is 5.92 Å². The summed E-state index contributed by atoms with van der Waals surface area (Å²) < 4.78 is 0. The molecule has 0 aromatic heterocycles. The van der Waals surface area contributed by atoms with Gasteiger partial charge in [-0.15, -0.1) is 0 Å². The number of Topliss-reactive ketones (excluding diaryl/α,β-unsaturated/α-hetero) is 1. The van der Waals surface area contributed by atoms with E-state index in [0.29, 0.717) is 6.42 Å². The third kappa shape index (κ3) is 3.01. The van der Waals surface area contributed by atoms with E-state index in [1.807, 2.05) is 6.92 Å². The van der Waals surface area contributed by atoms with Crippen molar-refractivity contribution in [1.82, 2.24) is 0 Å². The fraction of sp³-hybridized carbons (Fsp3) is 0.714. The monoisotopic (exact) mass is 127 g/mol. The first-order valence-electron chi connectivity index (χ1n) is 3.12. The maximum atomic E-state index is 10.7. The molecule has 0 saturated heterocycles. The number of rotatable bonds is 4. The van der Waals surface area contributed by atoms with Gasteiger partial charge >= 0.3 is 0 Å². The zero-order valence-corrected chi connectivity index (χ0v) is 5.81. The SMILES string of the molecule is CCCC(=O)C(C)[C]=O. The molecule has 2 heteroatoms. The molecular formula is C7H11O2. The van der Waals surface area contributed by atoms with Crippen molar-refractivity contribution >= 4 is 12.1 Å². The highest BCUT2D eigenvalue weighted by Crippen LogP contribution is 1.98. The van der Waals surface area contributed by atoms with Crippen LogP contribution in [-0.2, 0) is 9.59 Å². The first kappa shape index (κ1) is 8.34. The lowest BCUT2D eigenvalue weighted by molar-refractivity contribution is -0.120. The number of ketones is 1. The van der Waals surface area contributed by atoms with E-state index in [9.17, 15) is 9.59 Å². The average Bonchev–Trinajstić information content (AvgIpc) is 1.87. The van der Waals surface area contributed by atoms with E-state index in [-0.39, 0.29) is 5.78 Å². The lowest BCUT2D eigenvalue weighted by Crippen LogP contribution is -2.10. The van der Waals surface area contributed by atoms with Crippen molar-refractivity contribution in [2.45, 2.75) is 26.7 Å². The lowest BCUT2D eigenvalue weighted by atomic mass is 10.1. The normalized spacial score (nSPS) is 12.7. The fourth-order valence-corrected chi connectivity index (χ4v) is 0.529. The minimum atomic E-state index is -0.523. The Morgan fingerprint density at radius 2 is 2.22 bits per heavy atom. The van der Waals surface area contributed by atoms with E-state index in [0.717, 1.165) is 6.42 Å². The van der Waals surface area contributed by atoms with Crippen molar-refractivity contribution in [2.75, 3.05) is 0 Å². The number of carbonyl (C=O) groups is 1. The van der Waals surface area contributed by atoms with Crippen LogP contribution in [-0.4, -0.2) is 12.1 Å². The van der Waals surface area contributed by atoms with E-state index >= 15 is 0 Å². The van der Waals surface area contributed by atoms with Gasteiger partial charge in [-0.2, -0.15) is 0 Å². The average molecular weight is 127 g/mol. The number of hydrogen-bond acceptors (Lipinski definition) is 2. The molecule has 2 nitrogen and oxygen atoms in total. The Bertz CT molecular complexity index is 107. The van der Waals surface area contributed by atoms with Crippen LogP contribution in [0.25, 0.3) is 0 Å². The van der Waals surface area contributed by atoms with Crippen LogP contribution < -0.4 is 0 Å². The van der Waals surface area contributed by atoms with Crippen LogP contribution in [0.4, 0.5) is 0 Å². The van der Waals surface area contributed by atoms with Gasteiger partial charge in [0.1, 0.15) is 5.78 Å². The predicted molar refractivity (Wildman–Crippen MR) is 34.8 cm³/mol. The van der Waals surface area contributed by atoms with E-state index in [4.69, 9.17) is 0 Å². The van der Waals surface area contributed by atoms with Crippen LogP contribution in [0, 0.1) is 5.92 Å². The smallest absolute Gasteiger partial charge is 0.209 e. The molecule has 0 aliphatic rings. The minimum absolute atomic E-state index is 0.00694. The lowest BCUT2D eigenvalue weighted by Gasteiger charge is -1.96. The molecule has 51 valence electrons. The van der Waals surface area contributed by atoms with Gasteiger partial charge in [0.15, 0.2) is 0 Å². The predicted octanol–water partition coefficient (Wildman–Crippen LogP) is 1.10. The molecule has 0 saturated carbocycles. The standard InChI is InChI=1S/C7H11O2/c1-3-4-7(9)6(2)5-8/h6H,3-4H2,1-2H3. The fourth-order valence-electron chi connectivity index (χ4n) is 0.529. The first-order chi connectivity index (χ1) is 4.22. The van der Waals surface area contributed by atoms with Gasteiger partial charge < -0.3 is 0 Å². The molecule has 0 spiro atoms. The Morgan fingerprint density at radius 1 is 1.67 bits per heavy atom. The minimum Gasteiger partial charge on any atom is -0.299 e. The molecule has 0 aromatic carbocycles. The molecule has 1 atom stereocenters. The Balaban J connectivity index is 3.58. The highest BCUT2D eigenvalue weighted by molar-refractivity contribution is 5.92. The topological polar surface area (TPSA) is 34.1 Å². The molecular weight excluding hydrogens is 116 g/mol. The van der Waals surface area contributed by atoms with Gasteiger partial charge in [0.25, 0.3) is 0 Å². The van der Waals surface area contributed by atoms with Crippen molar-refractivity contribution in [3.8, 4) is 0 Å². The van der Waals surface area contributed by atoms with Crippen LogP contribution in [0.2, 0.25) is 0 Å². The van der Waals surface area contributed by atoms with Gasteiger partial charge in [-0.1, -0.05) is 6.92 Å². The van der Waals surface area contributed by atoms with Crippen molar-refractivity contribution in [3.05, 3.63) is 0 Å². The summed E-state index contributed by atoms with van der Waals surface area (Å²) in [5.41, 5.74) is 0. The number of carbonyl (C=O) groups excluding carboxylic acids is 2. The molecule has 9 heavy (non-hydrogen) atoms. The molecule has 0 heterocycles. The summed E-state index contributed by atoms with van der Waals surface area (Å²) in [6.07, 6.45) is 2.96. The van der Waals surface area contributed by atoms with Gasteiger partial charge in [-0.3, -0.25) is 9.59 Å². The largest absolute Gasteiger partial charge is 0.299 e. The van der Waals surface area contributed by atoms with Crippen molar-refractivity contribution < 1.29 is 9.59 Å². The van der Waals surface area contributed by atoms with Crippen LogP contribution >= 0.6 is 0 Å². The van der Waals surface area contributed by atoms with Gasteiger partial charge in [-0.25, -0.2) is 0 Å². The van der Waals surface area contributed by atoms with Crippen molar-refractivity contribution in [3.63, 3.8) is 0 Å². The molecule has 0 rings (SSSR count). The molecule has 0 aliphatic carbocycles. The molecule has 0 aliphatic heterocycles. The molecule has 0 N–H and O–H groups in total. The first-order valence-corrected chi connectivity index (χ1v) is 3.12.